The molecule has 160 valence electrons. The van der Waals surface area contributed by atoms with E-state index < -0.39 is 0 Å². The molecule has 0 amide bonds. The molecule has 0 unspecified atom stereocenters. The van der Waals surface area contributed by atoms with Gasteiger partial charge in [-0.15, -0.1) is 0 Å². The van der Waals surface area contributed by atoms with Gasteiger partial charge >= 0.3 is 0 Å². The van der Waals surface area contributed by atoms with Crippen molar-refractivity contribution in [3.8, 4) is 28.6 Å². The molecule has 4 rings (SSSR count). The van der Waals surface area contributed by atoms with Gasteiger partial charge in [0.2, 0.25) is 5.88 Å². The lowest BCUT2D eigenvalue weighted by Gasteiger charge is -2.12. The van der Waals surface area contributed by atoms with Gasteiger partial charge in [0.25, 0.3) is 0 Å². The third kappa shape index (κ3) is 4.88. The third-order valence-electron chi connectivity index (χ3n) is 4.86. The molecule has 1 heterocycles. The lowest BCUT2D eigenvalue weighted by molar-refractivity contribution is 0.259. The number of benzene rings is 3. The Morgan fingerprint density at radius 3 is 2.48 bits per heavy atom. The van der Waals surface area contributed by atoms with Gasteiger partial charge in [0.15, 0.2) is 0 Å². The van der Waals surface area contributed by atoms with E-state index in [0.29, 0.717) is 19.8 Å². The lowest BCUT2D eigenvalue weighted by atomic mass is 10.1. The first kappa shape index (κ1) is 21.7. The zero-order valence-corrected chi connectivity index (χ0v) is 20.4. The second-order valence-corrected chi connectivity index (χ2v) is 8.55. The molecule has 0 saturated heterocycles. The zero-order valence-electron chi connectivity index (χ0n) is 17.3. The molecule has 0 N–H and O–H groups in total. The summed E-state index contributed by atoms with van der Waals surface area (Å²) in [6, 6.07) is 20.0. The van der Waals surface area contributed by atoms with Crippen LogP contribution in [0, 0.1) is 0 Å². The van der Waals surface area contributed by atoms with Crippen molar-refractivity contribution >= 4 is 42.6 Å². The van der Waals surface area contributed by atoms with Crippen LogP contribution in [0.5, 0.6) is 17.4 Å². The molecule has 0 aliphatic heterocycles. The highest BCUT2D eigenvalue weighted by Crippen LogP contribution is 2.34. The van der Waals surface area contributed by atoms with Crippen molar-refractivity contribution in [3.63, 3.8) is 0 Å². The van der Waals surface area contributed by atoms with Gasteiger partial charge in [0.05, 0.1) is 30.4 Å². The van der Waals surface area contributed by atoms with Crippen LogP contribution in [0.15, 0.2) is 69.6 Å². The molecule has 0 fully saturated rings. The largest absolute Gasteiger partial charge is 0.497 e. The quantitative estimate of drug-likeness (QED) is 0.247. The van der Waals surface area contributed by atoms with Crippen molar-refractivity contribution in [3.05, 3.63) is 69.6 Å². The first-order chi connectivity index (χ1) is 15.1. The van der Waals surface area contributed by atoms with E-state index in [1.807, 2.05) is 54.1 Å². The second kappa shape index (κ2) is 9.75. The predicted molar refractivity (Wildman–Crippen MR) is 130 cm³/mol. The minimum atomic E-state index is 0.463. The number of halogens is 2. The van der Waals surface area contributed by atoms with Crippen LogP contribution in [-0.2, 0) is 6.54 Å². The normalized spacial score (nSPS) is 11.0. The molecule has 3 aromatic carbocycles. The Balaban J connectivity index is 1.50. The topological polar surface area (TPSA) is 45.5 Å². The van der Waals surface area contributed by atoms with Crippen molar-refractivity contribution in [2.75, 3.05) is 20.3 Å². The molecule has 0 bridgehead atoms. The van der Waals surface area contributed by atoms with Gasteiger partial charge in [-0.05, 0) is 76.1 Å². The number of methoxy groups -OCH3 is 1. The highest BCUT2D eigenvalue weighted by Gasteiger charge is 2.12. The van der Waals surface area contributed by atoms with Gasteiger partial charge < -0.3 is 14.2 Å². The van der Waals surface area contributed by atoms with Crippen LogP contribution in [0.4, 0.5) is 0 Å². The summed E-state index contributed by atoms with van der Waals surface area (Å²) in [4.78, 5) is 0. The van der Waals surface area contributed by atoms with E-state index in [-0.39, 0.29) is 0 Å². The maximum atomic E-state index is 6.07. The van der Waals surface area contributed by atoms with E-state index in [1.54, 1.807) is 7.11 Å². The summed E-state index contributed by atoms with van der Waals surface area (Å²) in [6.45, 7) is 3.56. The maximum absolute atomic E-state index is 6.07. The first-order valence-corrected chi connectivity index (χ1v) is 11.5. The smallest absolute Gasteiger partial charge is 0.212 e. The second-order valence-electron chi connectivity index (χ2n) is 6.84. The van der Waals surface area contributed by atoms with Gasteiger partial charge in [-0.2, -0.15) is 5.10 Å². The standard InChI is InChI=1S/C24H22Br2N2O3/c1-3-30-23-15-21(16-4-8-19(29-2)9-5-16)27-28(23)12-13-31-22-11-6-17-14-18(25)7-10-20(17)24(22)26/h4-11,14-15H,3,12-13H2,1-2H3. The van der Waals surface area contributed by atoms with Crippen LogP contribution in [0.3, 0.4) is 0 Å². The molecule has 1 aromatic heterocycles. The number of hydrogen-bond donors (Lipinski definition) is 0. The number of fused-ring (bicyclic) bond motifs is 1. The summed E-state index contributed by atoms with van der Waals surface area (Å²) in [5.74, 6) is 2.34. The molecule has 0 radical (unpaired) electrons. The average Bonchev–Trinajstić information content (AvgIpc) is 3.18. The van der Waals surface area contributed by atoms with Crippen molar-refractivity contribution in [2.45, 2.75) is 13.5 Å². The summed E-state index contributed by atoms with van der Waals surface area (Å²) in [5, 5.41) is 6.97. The van der Waals surface area contributed by atoms with Gasteiger partial charge in [-0.25, -0.2) is 4.68 Å². The van der Waals surface area contributed by atoms with Crippen molar-refractivity contribution in [2.24, 2.45) is 0 Å². The fourth-order valence-electron chi connectivity index (χ4n) is 3.32. The molecule has 5 nitrogen and oxygen atoms in total. The summed E-state index contributed by atoms with van der Waals surface area (Å²) in [7, 11) is 1.66. The number of nitrogens with zero attached hydrogens (tertiary/aromatic N) is 2. The van der Waals surface area contributed by atoms with E-state index in [0.717, 1.165) is 48.4 Å². The molecular formula is C24H22Br2N2O3. The number of hydrogen-bond acceptors (Lipinski definition) is 4. The van der Waals surface area contributed by atoms with Crippen LogP contribution in [0.2, 0.25) is 0 Å². The summed E-state index contributed by atoms with van der Waals surface area (Å²) >= 11 is 7.20. The van der Waals surface area contributed by atoms with Crippen molar-refractivity contribution < 1.29 is 14.2 Å². The zero-order chi connectivity index (χ0) is 21.8. The van der Waals surface area contributed by atoms with Gasteiger partial charge in [0.1, 0.15) is 18.1 Å². The van der Waals surface area contributed by atoms with E-state index in [2.05, 4.69) is 50.1 Å². The number of ether oxygens (including phenoxy) is 3. The maximum Gasteiger partial charge on any atom is 0.212 e. The monoisotopic (exact) mass is 544 g/mol. The van der Waals surface area contributed by atoms with Crippen molar-refractivity contribution in [1.82, 2.24) is 9.78 Å². The SMILES string of the molecule is CCOc1cc(-c2ccc(OC)cc2)nn1CCOc1ccc2cc(Br)ccc2c1Br. The molecule has 0 spiro atoms. The van der Waals surface area contributed by atoms with Crippen LogP contribution in [0.25, 0.3) is 22.0 Å². The first-order valence-electron chi connectivity index (χ1n) is 9.94. The minimum absolute atomic E-state index is 0.463. The Hall–Kier alpha value is -2.51. The summed E-state index contributed by atoms with van der Waals surface area (Å²) in [5.41, 5.74) is 1.86. The fourth-order valence-corrected chi connectivity index (χ4v) is 4.31. The molecule has 0 atom stereocenters. The summed E-state index contributed by atoms with van der Waals surface area (Å²) in [6.07, 6.45) is 0. The molecule has 0 aliphatic carbocycles. The van der Waals surface area contributed by atoms with E-state index in [9.17, 15) is 0 Å². The van der Waals surface area contributed by atoms with Crippen LogP contribution < -0.4 is 14.2 Å². The fraction of sp³-hybridized carbons (Fsp3) is 0.208. The van der Waals surface area contributed by atoms with Gasteiger partial charge in [-0.1, -0.05) is 28.1 Å². The van der Waals surface area contributed by atoms with E-state index in [1.165, 1.54) is 0 Å². The molecule has 7 heteroatoms. The highest BCUT2D eigenvalue weighted by atomic mass is 79.9. The third-order valence-corrected chi connectivity index (χ3v) is 6.17. The Morgan fingerprint density at radius 2 is 1.74 bits per heavy atom. The minimum Gasteiger partial charge on any atom is -0.497 e. The van der Waals surface area contributed by atoms with Gasteiger partial charge in [-0.3, -0.25) is 0 Å². The highest BCUT2D eigenvalue weighted by molar-refractivity contribution is 9.11. The van der Waals surface area contributed by atoms with Crippen LogP contribution in [0.1, 0.15) is 6.92 Å². The Bertz CT molecular complexity index is 1190. The van der Waals surface area contributed by atoms with Gasteiger partial charge in [0, 0.05) is 16.1 Å². The number of rotatable bonds is 8. The Kier molecular flexibility index (Phi) is 6.83. The molecule has 0 saturated carbocycles. The Labute approximate surface area is 198 Å². The molecule has 31 heavy (non-hydrogen) atoms. The number of aromatic nitrogens is 2. The van der Waals surface area contributed by atoms with E-state index >= 15 is 0 Å². The van der Waals surface area contributed by atoms with Crippen LogP contribution >= 0.6 is 31.9 Å². The van der Waals surface area contributed by atoms with E-state index in [4.69, 9.17) is 19.3 Å². The Morgan fingerprint density at radius 1 is 0.935 bits per heavy atom. The van der Waals surface area contributed by atoms with Crippen molar-refractivity contribution in [1.29, 1.82) is 0 Å². The molecule has 4 aromatic rings. The summed E-state index contributed by atoms with van der Waals surface area (Å²) < 4.78 is 20.9. The molecule has 0 aliphatic rings. The predicted octanol–water partition coefficient (Wildman–Crippen LogP) is 6.71. The lowest BCUT2D eigenvalue weighted by Crippen LogP contribution is -2.11. The molecular weight excluding hydrogens is 524 g/mol. The van der Waals surface area contributed by atoms with Crippen LogP contribution in [-0.4, -0.2) is 30.1 Å². The average molecular weight is 546 g/mol.